The van der Waals surface area contributed by atoms with Gasteiger partial charge in [0.15, 0.2) is 0 Å². The highest BCUT2D eigenvalue weighted by Gasteiger charge is 2.35. The van der Waals surface area contributed by atoms with Gasteiger partial charge in [-0.05, 0) is 105 Å². The van der Waals surface area contributed by atoms with E-state index in [9.17, 15) is 18.0 Å². The number of carbonyl (C=O) groups excluding carboxylic acids is 2. The number of carbonyl (C=O) groups is 2. The molecule has 0 saturated carbocycles. The molecule has 0 aromatic heterocycles. The zero-order valence-electron chi connectivity index (χ0n) is 27.7. The third-order valence-corrected chi connectivity index (χ3v) is 9.76. The molecule has 0 fully saturated rings. The number of hydrogen-bond donors (Lipinski definition) is 1. The van der Waals surface area contributed by atoms with E-state index in [1.807, 2.05) is 83.1 Å². The first kappa shape index (κ1) is 35.5. The third-order valence-electron chi connectivity index (χ3n) is 7.72. The van der Waals surface area contributed by atoms with Gasteiger partial charge in [0.05, 0.1) is 17.7 Å². The maximum atomic E-state index is 14.7. The summed E-state index contributed by atoms with van der Waals surface area (Å²) in [4.78, 5) is 30.1. The van der Waals surface area contributed by atoms with E-state index in [1.165, 1.54) is 29.2 Å². The highest BCUT2D eigenvalue weighted by molar-refractivity contribution is 7.92. The van der Waals surface area contributed by atoms with E-state index in [4.69, 9.17) is 16.3 Å². The van der Waals surface area contributed by atoms with E-state index >= 15 is 0 Å². The number of sulfonamides is 1. The fourth-order valence-electron chi connectivity index (χ4n) is 5.12. The number of benzene rings is 4. The fourth-order valence-corrected chi connectivity index (χ4v) is 6.65. The Morgan fingerprint density at radius 3 is 2.13 bits per heavy atom. The van der Waals surface area contributed by atoms with Crippen LogP contribution in [0.25, 0.3) is 0 Å². The number of anilines is 1. The largest absolute Gasteiger partial charge is 0.497 e. The van der Waals surface area contributed by atoms with Crippen LogP contribution >= 0.6 is 11.6 Å². The predicted octanol–water partition coefficient (Wildman–Crippen LogP) is 6.72. The number of ether oxygens (including phenoxy) is 1. The molecule has 1 atom stereocenters. The van der Waals surface area contributed by atoms with Gasteiger partial charge in [-0.25, -0.2) is 8.42 Å². The van der Waals surface area contributed by atoms with Crippen LogP contribution in [0.5, 0.6) is 5.75 Å². The number of hydrogen-bond acceptors (Lipinski definition) is 5. The van der Waals surface area contributed by atoms with Crippen molar-refractivity contribution in [3.8, 4) is 5.75 Å². The molecule has 248 valence electrons. The van der Waals surface area contributed by atoms with Crippen molar-refractivity contribution in [2.24, 2.45) is 0 Å². The Balaban J connectivity index is 1.84. The van der Waals surface area contributed by atoms with Crippen LogP contribution in [-0.4, -0.2) is 50.4 Å². The van der Waals surface area contributed by atoms with E-state index in [0.717, 1.165) is 26.6 Å². The number of nitrogens with zero attached hydrogens (tertiary/aromatic N) is 2. The number of amides is 2. The Labute approximate surface area is 283 Å². The minimum Gasteiger partial charge on any atom is -0.497 e. The zero-order valence-corrected chi connectivity index (χ0v) is 29.2. The summed E-state index contributed by atoms with van der Waals surface area (Å²) in [5, 5.41) is 3.43. The van der Waals surface area contributed by atoms with Crippen LogP contribution in [0.4, 0.5) is 5.69 Å². The summed E-state index contributed by atoms with van der Waals surface area (Å²) in [6.45, 7) is 8.92. The highest BCUT2D eigenvalue weighted by atomic mass is 35.5. The first-order valence-corrected chi connectivity index (χ1v) is 17.1. The van der Waals surface area contributed by atoms with Gasteiger partial charge in [-0.15, -0.1) is 0 Å². The minimum absolute atomic E-state index is 0.0152. The predicted molar refractivity (Wildman–Crippen MR) is 187 cm³/mol. The Hall–Kier alpha value is -4.34. The average Bonchev–Trinajstić information content (AvgIpc) is 3.02. The van der Waals surface area contributed by atoms with Crippen molar-refractivity contribution >= 4 is 39.1 Å². The van der Waals surface area contributed by atoms with Crippen LogP contribution in [0.15, 0.2) is 102 Å². The maximum absolute atomic E-state index is 14.7. The van der Waals surface area contributed by atoms with Crippen molar-refractivity contribution in [3.63, 3.8) is 0 Å². The summed E-state index contributed by atoms with van der Waals surface area (Å²) in [5.41, 5.74) is 3.16. The van der Waals surface area contributed by atoms with Crippen molar-refractivity contribution in [3.05, 3.63) is 124 Å². The second-order valence-corrected chi connectivity index (χ2v) is 14.9. The van der Waals surface area contributed by atoms with E-state index < -0.39 is 34.1 Å². The number of halogens is 1. The van der Waals surface area contributed by atoms with Crippen molar-refractivity contribution in [1.82, 2.24) is 10.2 Å². The summed E-state index contributed by atoms with van der Waals surface area (Å²) < 4.78 is 35.0. The molecule has 0 unspecified atom stereocenters. The quantitative estimate of drug-likeness (QED) is 0.180. The first-order valence-electron chi connectivity index (χ1n) is 15.3. The summed E-state index contributed by atoms with van der Waals surface area (Å²) in [7, 11) is -2.68. The molecule has 0 spiro atoms. The zero-order chi connectivity index (χ0) is 34.4. The Morgan fingerprint density at radius 1 is 0.851 bits per heavy atom. The molecule has 0 aliphatic heterocycles. The van der Waals surface area contributed by atoms with Crippen LogP contribution in [0.2, 0.25) is 5.02 Å². The number of methoxy groups -OCH3 is 1. The van der Waals surface area contributed by atoms with Gasteiger partial charge in [0.1, 0.15) is 18.3 Å². The first-order chi connectivity index (χ1) is 22.2. The highest BCUT2D eigenvalue weighted by Crippen LogP contribution is 2.28. The number of aryl methyl sites for hydroxylation is 2. The Morgan fingerprint density at radius 2 is 1.51 bits per heavy atom. The molecule has 0 heterocycles. The molecule has 4 aromatic carbocycles. The SMILES string of the molecule is COc1cccc(CN(C(=O)CN(c2ccc(C)c(C)c2)S(=O)(=O)c2ccc(Cl)cc2)[C@@H](Cc2ccccc2)C(=O)NC(C)(C)C)c1. The van der Waals surface area contributed by atoms with Gasteiger partial charge in [0, 0.05) is 23.5 Å². The third kappa shape index (κ3) is 9.36. The van der Waals surface area contributed by atoms with Crippen molar-refractivity contribution in [2.75, 3.05) is 18.0 Å². The summed E-state index contributed by atoms with van der Waals surface area (Å²) >= 11 is 6.08. The van der Waals surface area contributed by atoms with Gasteiger partial charge < -0.3 is 15.0 Å². The second-order valence-electron chi connectivity index (χ2n) is 12.6. The molecule has 4 aromatic rings. The van der Waals surface area contributed by atoms with Crippen LogP contribution in [-0.2, 0) is 32.6 Å². The standard InChI is InChI=1S/C37H42ClN3O5S/c1-26-15-18-31(21-27(26)2)41(47(44,45)33-19-16-30(38)17-20-33)25-35(42)40(24-29-13-10-14-32(22-29)46-6)34(36(43)39-37(3,4)5)23-28-11-8-7-9-12-28/h7-22,34H,23-25H2,1-6H3,(H,39,43)/t34-/m0/s1. The monoisotopic (exact) mass is 675 g/mol. The molecule has 1 N–H and O–H groups in total. The van der Waals surface area contributed by atoms with Crippen molar-refractivity contribution < 1.29 is 22.7 Å². The van der Waals surface area contributed by atoms with Gasteiger partial charge in [0.2, 0.25) is 11.8 Å². The molecule has 0 saturated heterocycles. The summed E-state index contributed by atoms with van der Waals surface area (Å²) in [6.07, 6.45) is 0.214. The summed E-state index contributed by atoms with van der Waals surface area (Å²) in [5.74, 6) is -0.305. The molecule has 0 aliphatic carbocycles. The smallest absolute Gasteiger partial charge is 0.264 e. The molecule has 4 rings (SSSR count). The lowest BCUT2D eigenvalue weighted by atomic mass is 10.0. The van der Waals surface area contributed by atoms with E-state index in [-0.39, 0.29) is 23.8 Å². The van der Waals surface area contributed by atoms with Crippen LogP contribution in [0.1, 0.15) is 43.0 Å². The van der Waals surface area contributed by atoms with E-state index in [1.54, 1.807) is 31.4 Å². The normalized spacial score (nSPS) is 12.2. The van der Waals surface area contributed by atoms with Crippen LogP contribution < -0.4 is 14.4 Å². The lowest BCUT2D eigenvalue weighted by Crippen LogP contribution is -2.56. The summed E-state index contributed by atoms with van der Waals surface area (Å²) in [6, 6.07) is 26.8. The molecule has 0 radical (unpaired) electrons. The lowest BCUT2D eigenvalue weighted by Gasteiger charge is -2.35. The lowest BCUT2D eigenvalue weighted by molar-refractivity contribution is -0.140. The molecule has 10 heteroatoms. The Bertz CT molecular complexity index is 1810. The van der Waals surface area contributed by atoms with Crippen LogP contribution in [0, 0.1) is 13.8 Å². The van der Waals surface area contributed by atoms with Gasteiger partial charge >= 0.3 is 0 Å². The second kappa shape index (κ2) is 15.0. The molecule has 0 aliphatic rings. The van der Waals surface area contributed by atoms with Gasteiger partial charge in [-0.2, -0.15) is 0 Å². The Kier molecular flexibility index (Phi) is 11.4. The maximum Gasteiger partial charge on any atom is 0.264 e. The van der Waals surface area contributed by atoms with Crippen LogP contribution in [0.3, 0.4) is 0 Å². The molecule has 8 nitrogen and oxygen atoms in total. The molecule has 0 bridgehead atoms. The molecular formula is C37H42ClN3O5S. The minimum atomic E-state index is -4.24. The molecular weight excluding hydrogens is 634 g/mol. The van der Waals surface area contributed by atoms with Gasteiger partial charge in [-0.3, -0.25) is 13.9 Å². The molecule has 2 amide bonds. The topological polar surface area (TPSA) is 96.0 Å². The fraction of sp³-hybridized carbons (Fsp3) is 0.297. The number of rotatable bonds is 12. The van der Waals surface area contributed by atoms with Gasteiger partial charge in [-0.1, -0.05) is 60.1 Å². The van der Waals surface area contributed by atoms with Crippen molar-refractivity contribution in [1.29, 1.82) is 0 Å². The van der Waals surface area contributed by atoms with E-state index in [2.05, 4.69) is 5.32 Å². The average molecular weight is 676 g/mol. The van der Waals surface area contributed by atoms with E-state index in [0.29, 0.717) is 16.5 Å². The van der Waals surface area contributed by atoms with Crippen molar-refractivity contribution in [2.45, 2.75) is 64.1 Å². The number of nitrogens with one attached hydrogen (secondary N) is 1. The van der Waals surface area contributed by atoms with Gasteiger partial charge in [0.25, 0.3) is 10.0 Å². The molecule has 47 heavy (non-hydrogen) atoms.